The fourth-order valence-corrected chi connectivity index (χ4v) is 4.37. The van der Waals surface area contributed by atoms with Crippen molar-refractivity contribution in [1.82, 2.24) is 24.1 Å². The van der Waals surface area contributed by atoms with E-state index in [9.17, 15) is 9.59 Å². The zero-order valence-corrected chi connectivity index (χ0v) is 20.8. The monoisotopic (exact) mass is 512 g/mol. The minimum Gasteiger partial charge on any atom is -0.330 e. The van der Waals surface area contributed by atoms with Crippen LogP contribution < -0.4 is 11.4 Å². The van der Waals surface area contributed by atoms with Crippen molar-refractivity contribution in [3.05, 3.63) is 98.3 Å². The molecule has 0 unspecified atom stereocenters. The Bertz CT molecular complexity index is 1370. The summed E-state index contributed by atoms with van der Waals surface area (Å²) in [5.74, 6) is 0.248. The predicted octanol–water partition coefficient (Wildman–Crippen LogP) is 4.19. The van der Waals surface area contributed by atoms with Crippen LogP contribution in [0.4, 0.5) is 0 Å². The highest BCUT2D eigenvalue weighted by molar-refractivity contribution is 6.33. The van der Waals surface area contributed by atoms with E-state index in [0.717, 1.165) is 5.56 Å². The Hall–Kier alpha value is -3.20. The minimum absolute atomic E-state index is 0.193. The predicted molar refractivity (Wildman–Crippen MR) is 137 cm³/mol. The van der Waals surface area contributed by atoms with Crippen LogP contribution in [0.5, 0.6) is 0 Å². The quantitative estimate of drug-likeness (QED) is 0.362. The first-order chi connectivity index (χ1) is 16.9. The summed E-state index contributed by atoms with van der Waals surface area (Å²) in [4.78, 5) is 33.7. The summed E-state index contributed by atoms with van der Waals surface area (Å²) in [7, 11) is 0. The maximum Gasteiger partial charge on any atom is 0.352 e. The van der Waals surface area contributed by atoms with Crippen LogP contribution in [0.2, 0.25) is 10.0 Å². The summed E-state index contributed by atoms with van der Waals surface area (Å²) < 4.78 is 2.75. The number of rotatable bonds is 9. The first kappa shape index (κ1) is 24.9. The van der Waals surface area contributed by atoms with Crippen LogP contribution in [0.25, 0.3) is 5.65 Å². The molecule has 1 amide bonds. The number of hydrogen-bond donors (Lipinski definition) is 1. The van der Waals surface area contributed by atoms with Crippen LogP contribution >= 0.6 is 23.2 Å². The zero-order chi connectivity index (χ0) is 24.9. The molecule has 2 N–H and O–H groups in total. The van der Waals surface area contributed by atoms with Gasteiger partial charge in [-0.3, -0.25) is 9.36 Å². The number of halogens is 2. The molecule has 0 radical (unpaired) electrons. The molecule has 0 aliphatic carbocycles. The van der Waals surface area contributed by atoms with Gasteiger partial charge in [0.2, 0.25) is 0 Å². The third-order valence-corrected chi connectivity index (χ3v) is 6.33. The van der Waals surface area contributed by atoms with Crippen molar-refractivity contribution < 1.29 is 4.79 Å². The Morgan fingerprint density at radius 1 is 1.11 bits per heavy atom. The lowest BCUT2D eigenvalue weighted by Crippen LogP contribution is -2.41. The maximum atomic E-state index is 13.7. The number of hydrogen-bond acceptors (Lipinski definition) is 5. The van der Waals surface area contributed by atoms with E-state index in [-0.39, 0.29) is 28.8 Å². The van der Waals surface area contributed by atoms with Crippen LogP contribution in [0.1, 0.15) is 47.6 Å². The summed E-state index contributed by atoms with van der Waals surface area (Å²) in [5.41, 5.74) is 7.09. The van der Waals surface area contributed by atoms with Crippen molar-refractivity contribution in [2.45, 2.75) is 32.4 Å². The molecule has 0 saturated carbocycles. The minimum atomic E-state index is -0.503. The van der Waals surface area contributed by atoms with Gasteiger partial charge in [0.15, 0.2) is 5.65 Å². The number of benzene rings is 2. The van der Waals surface area contributed by atoms with Crippen molar-refractivity contribution in [2.24, 2.45) is 5.73 Å². The second kappa shape index (κ2) is 11.0. The smallest absolute Gasteiger partial charge is 0.330 e. The molecule has 0 bridgehead atoms. The molecule has 2 aromatic heterocycles. The van der Waals surface area contributed by atoms with Crippen molar-refractivity contribution in [3.8, 4) is 0 Å². The number of amides is 1. The average Bonchev–Trinajstić information content (AvgIpc) is 3.25. The fourth-order valence-electron chi connectivity index (χ4n) is 4.07. The van der Waals surface area contributed by atoms with Crippen LogP contribution in [0.3, 0.4) is 0 Å². The number of aromatic nitrogens is 4. The molecule has 0 fully saturated rings. The van der Waals surface area contributed by atoms with E-state index < -0.39 is 6.04 Å². The van der Waals surface area contributed by atoms with Gasteiger partial charge >= 0.3 is 5.69 Å². The van der Waals surface area contributed by atoms with E-state index in [0.29, 0.717) is 42.3 Å². The van der Waals surface area contributed by atoms with Crippen molar-refractivity contribution in [2.75, 3.05) is 13.1 Å². The Morgan fingerprint density at radius 3 is 2.49 bits per heavy atom. The maximum absolute atomic E-state index is 13.7. The van der Waals surface area contributed by atoms with E-state index >= 15 is 0 Å². The molecular weight excluding hydrogens is 487 g/mol. The molecular formula is C25H26Cl2N6O2. The highest BCUT2D eigenvalue weighted by Crippen LogP contribution is 2.27. The van der Waals surface area contributed by atoms with Crippen molar-refractivity contribution >= 4 is 34.8 Å². The molecule has 0 spiro atoms. The first-order valence-corrected chi connectivity index (χ1v) is 12.1. The van der Waals surface area contributed by atoms with Crippen molar-refractivity contribution in [3.63, 3.8) is 0 Å². The van der Waals surface area contributed by atoms with Crippen LogP contribution in [-0.2, 0) is 6.54 Å². The van der Waals surface area contributed by atoms with Gasteiger partial charge in [0.05, 0.1) is 18.8 Å². The number of fused-ring (bicyclic) bond motifs is 1. The van der Waals surface area contributed by atoms with Gasteiger partial charge in [-0.05, 0) is 49.2 Å². The third kappa shape index (κ3) is 5.24. The Kier molecular flexibility index (Phi) is 7.85. The molecule has 0 aliphatic heterocycles. The summed E-state index contributed by atoms with van der Waals surface area (Å²) in [6.07, 6.45) is 2.51. The lowest BCUT2D eigenvalue weighted by Gasteiger charge is -2.32. The van der Waals surface area contributed by atoms with E-state index in [1.165, 1.54) is 10.7 Å². The summed E-state index contributed by atoms with van der Waals surface area (Å²) in [6.45, 7) is 3.04. The molecule has 0 saturated heterocycles. The molecule has 10 heteroatoms. The number of nitrogens with zero attached hydrogens (tertiary/aromatic N) is 5. The van der Waals surface area contributed by atoms with Gasteiger partial charge in [-0.2, -0.15) is 9.61 Å². The van der Waals surface area contributed by atoms with Gasteiger partial charge in [0, 0.05) is 17.1 Å². The standard InChI is InChI=1S/C25H26Cl2N6O2/c1-2-21(31(14-6-13-28)24(34)18-9-11-19(26)12-10-18)23-30-22-20(27)15-29-33(22)25(35)32(23)16-17-7-4-3-5-8-17/h3-5,7-12,15,21H,2,6,13-14,16,28H2,1H3/t21-/m0/s1. The van der Waals surface area contributed by atoms with Gasteiger partial charge in [0.25, 0.3) is 5.91 Å². The molecule has 2 heterocycles. The molecule has 182 valence electrons. The number of carbonyl (C=O) groups excluding carboxylic acids is 1. The van der Waals surface area contributed by atoms with Gasteiger partial charge in [0.1, 0.15) is 10.8 Å². The van der Waals surface area contributed by atoms with Gasteiger partial charge < -0.3 is 10.6 Å². The van der Waals surface area contributed by atoms with Crippen LogP contribution in [0.15, 0.2) is 65.6 Å². The van der Waals surface area contributed by atoms with Gasteiger partial charge in [-0.25, -0.2) is 9.78 Å². The fraction of sp³-hybridized carbons (Fsp3) is 0.280. The Morgan fingerprint density at radius 2 is 1.83 bits per heavy atom. The SMILES string of the molecule is CC[C@@H](c1nc2c(Cl)cnn2c(=O)n1Cc1ccccc1)N(CCCN)C(=O)c1ccc(Cl)cc1. The summed E-state index contributed by atoms with van der Waals surface area (Å²) >= 11 is 12.3. The molecule has 1 atom stereocenters. The number of carbonyl (C=O) groups is 1. The Balaban J connectivity index is 1.87. The van der Waals surface area contributed by atoms with Crippen LogP contribution in [-0.4, -0.2) is 43.1 Å². The highest BCUT2D eigenvalue weighted by Gasteiger charge is 2.29. The van der Waals surface area contributed by atoms with Crippen LogP contribution in [0, 0.1) is 0 Å². The summed E-state index contributed by atoms with van der Waals surface area (Å²) in [6, 6.07) is 15.8. The van der Waals surface area contributed by atoms with E-state index in [1.807, 2.05) is 37.3 Å². The van der Waals surface area contributed by atoms with Gasteiger partial charge in [-0.1, -0.05) is 60.5 Å². The Labute approximate surface area is 212 Å². The van der Waals surface area contributed by atoms with Crippen molar-refractivity contribution in [1.29, 1.82) is 0 Å². The molecule has 2 aromatic carbocycles. The average molecular weight is 513 g/mol. The molecule has 4 aromatic rings. The second-order valence-corrected chi connectivity index (χ2v) is 8.97. The summed E-state index contributed by atoms with van der Waals surface area (Å²) in [5, 5.41) is 4.92. The zero-order valence-electron chi connectivity index (χ0n) is 19.3. The lowest BCUT2D eigenvalue weighted by atomic mass is 10.1. The largest absolute Gasteiger partial charge is 0.352 e. The van der Waals surface area contributed by atoms with E-state index in [1.54, 1.807) is 33.7 Å². The molecule has 4 rings (SSSR count). The first-order valence-electron chi connectivity index (χ1n) is 11.4. The molecule has 0 aliphatic rings. The molecule has 8 nitrogen and oxygen atoms in total. The molecule has 35 heavy (non-hydrogen) atoms. The number of nitrogens with two attached hydrogens (primary N) is 1. The highest BCUT2D eigenvalue weighted by atomic mass is 35.5. The lowest BCUT2D eigenvalue weighted by molar-refractivity contribution is 0.0655. The van der Waals surface area contributed by atoms with E-state index in [4.69, 9.17) is 33.9 Å². The van der Waals surface area contributed by atoms with E-state index in [2.05, 4.69) is 5.10 Å². The topological polar surface area (TPSA) is 98.5 Å². The van der Waals surface area contributed by atoms with Gasteiger partial charge in [-0.15, -0.1) is 0 Å². The third-order valence-electron chi connectivity index (χ3n) is 5.81. The second-order valence-electron chi connectivity index (χ2n) is 8.12. The normalized spacial score (nSPS) is 12.1.